The van der Waals surface area contributed by atoms with Crippen molar-refractivity contribution in [2.75, 3.05) is 18.8 Å². The van der Waals surface area contributed by atoms with Crippen molar-refractivity contribution in [3.63, 3.8) is 0 Å². The molecule has 0 aliphatic carbocycles. The van der Waals surface area contributed by atoms with E-state index in [9.17, 15) is 0 Å². The van der Waals surface area contributed by atoms with Crippen LogP contribution < -0.4 is 5.73 Å². The minimum atomic E-state index is 0.837. The maximum atomic E-state index is 5.88. The summed E-state index contributed by atoms with van der Waals surface area (Å²) < 4.78 is 1.06. The fourth-order valence-corrected chi connectivity index (χ4v) is 2.74. The van der Waals surface area contributed by atoms with Gasteiger partial charge in [0.15, 0.2) is 0 Å². The van der Waals surface area contributed by atoms with Crippen molar-refractivity contribution < 1.29 is 0 Å². The molecule has 0 spiro atoms. The van der Waals surface area contributed by atoms with Crippen LogP contribution in [-0.2, 0) is 6.54 Å². The Kier molecular flexibility index (Phi) is 3.87. The first-order valence-corrected chi connectivity index (χ1v) is 6.75. The van der Waals surface area contributed by atoms with Gasteiger partial charge in [0.1, 0.15) is 0 Å². The fourth-order valence-electron chi connectivity index (χ4n) is 2.35. The molecule has 2 N–H and O–H groups in total. The smallest absolute Gasteiger partial charge is 0.0461 e. The number of nitrogens with two attached hydrogens (primary N) is 1. The lowest BCUT2D eigenvalue weighted by Gasteiger charge is -2.17. The Balaban J connectivity index is 2.02. The molecule has 1 aliphatic heterocycles. The summed E-state index contributed by atoms with van der Waals surface area (Å²) in [5.41, 5.74) is 8.02. The SMILES string of the molecule is CCC1CCN(Cc2cccc(N)c2Br)C1. The molecular weight excluding hydrogens is 264 g/mol. The average molecular weight is 283 g/mol. The third-order valence-corrected chi connectivity index (χ3v) is 4.42. The lowest BCUT2D eigenvalue weighted by atomic mass is 10.1. The van der Waals surface area contributed by atoms with Crippen LogP contribution >= 0.6 is 15.9 Å². The molecule has 0 saturated carbocycles. The number of nitrogens with zero attached hydrogens (tertiary/aromatic N) is 1. The van der Waals surface area contributed by atoms with Crippen molar-refractivity contribution >= 4 is 21.6 Å². The number of benzene rings is 1. The van der Waals surface area contributed by atoms with E-state index in [2.05, 4.69) is 33.8 Å². The molecule has 1 heterocycles. The first kappa shape index (κ1) is 11.9. The zero-order valence-corrected chi connectivity index (χ0v) is 11.3. The molecule has 2 rings (SSSR count). The Morgan fingerprint density at radius 2 is 2.31 bits per heavy atom. The van der Waals surface area contributed by atoms with Crippen LogP contribution in [0.3, 0.4) is 0 Å². The van der Waals surface area contributed by atoms with E-state index in [1.54, 1.807) is 0 Å². The molecule has 1 unspecified atom stereocenters. The molecule has 1 saturated heterocycles. The van der Waals surface area contributed by atoms with Gasteiger partial charge >= 0.3 is 0 Å². The number of halogens is 1. The van der Waals surface area contributed by atoms with Crippen LogP contribution in [0.1, 0.15) is 25.3 Å². The van der Waals surface area contributed by atoms with Crippen molar-refractivity contribution in [1.82, 2.24) is 4.90 Å². The van der Waals surface area contributed by atoms with Crippen molar-refractivity contribution in [1.29, 1.82) is 0 Å². The standard InChI is InChI=1S/C13H19BrN2/c1-2-10-6-7-16(8-10)9-11-4-3-5-12(15)13(11)14/h3-5,10H,2,6-9,15H2,1H3. The van der Waals surface area contributed by atoms with E-state index in [1.807, 2.05) is 12.1 Å². The van der Waals surface area contributed by atoms with Gasteiger partial charge in [0.05, 0.1) is 0 Å². The molecule has 2 nitrogen and oxygen atoms in total. The molecule has 0 amide bonds. The van der Waals surface area contributed by atoms with Gasteiger partial charge < -0.3 is 5.73 Å². The van der Waals surface area contributed by atoms with Crippen molar-refractivity contribution in [2.24, 2.45) is 5.92 Å². The second-order valence-electron chi connectivity index (χ2n) is 4.62. The van der Waals surface area contributed by atoms with Crippen LogP contribution in [0.25, 0.3) is 0 Å². The fraction of sp³-hybridized carbons (Fsp3) is 0.538. The summed E-state index contributed by atoms with van der Waals surface area (Å²) in [5, 5.41) is 0. The Morgan fingerprint density at radius 3 is 3.00 bits per heavy atom. The summed E-state index contributed by atoms with van der Waals surface area (Å²) in [6.07, 6.45) is 2.64. The lowest BCUT2D eigenvalue weighted by Crippen LogP contribution is -2.20. The zero-order chi connectivity index (χ0) is 11.5. The molecule has 1 aliphatic rings. The molecular formula is C13H19BrN2. The Morgan fingerprint density at radius 1 is 1.50 bits per heavy atom. The third kappa shape index (κ3) is 2.58. The largest absolute Gasteiger partial charge is 0.398 e. The molecule has 0 aromatic heterocycles. The molecule has 1 fully saturated rings. The molecule has 1 aromatic carbocycles. The molecule has 1 atom stereocenters. The highest BCUT2D eigenvalue weighted by Crippen LogP contribution is 2.27. The maximum Gasteiger partial charge on any atom is 0.0461 e. The number of nitrogen functional groups attached to an aromatic ring is 1. The maximum absolute atomic E-state index is 5.88. The average Bonchev–Trinajstić information content (AvgIpc) is 2.73. The highest BCUT2D eigenvalue weighted by atomic mass is 79.9. The summed E-state index contributed by atoms with van der Waals surface area (Å²) in [7, 11) is 0. The molecule has 88 valence electrons. The topological polar surface area (TPSA) is 29.3 Å². The van der Waals surface area contributed by atoms with Crippen LogP contribution in [0, 0.1) is 5.92 Å². The van der Waals surface area contributed by atoms with Crippen LogP contribution in [-0.4, -0.2) is 18.0 Å². The Hall–Kier alpha value is -0.540. The zero-order valence-electron chi connectivity index (χ0n) is 9.75. The molecule has 1 aromatic rings. The Bertz CT molecular complexity index is 365. The van der Waals surface area contributed by atoms with Crippen LogP contribution in [0.5, 0.6) is 0 Å². The van der Waals surface area contributed by atoms with Crippen LogP contribution in [0.4, 0.5) is 5.69 Å². The minimum absolute atomic E-state index is 0.837. The normalized spacial score (nSPS) is 21.5. The van der Waals surface area contributed by atoms with E-state index in [-0.39, 0.29) is 0 Å². The van der Waals surface area contributed by atoms with E-state index >= 15 is 0 Å². The summed E-state index contributed by atoms with van der Waals surface area (Å²) in [6, 6.07) is 6.12. The summed E-state index contributed by atoms with van der Waals surface area (Å²) in [6.45, 7) is 5.75. The predicted molar refractivity (Wildman–Crippen MR) is 72.2 cm³/mol. The molecule has 0 radical (unpaired) electrons. The van der Waals surface area contributed by atoms with Gasteiger partial charge in [0, 0.05) is 23.2 Å². The first-order valence-electron chi connectivity index (χ1n) is 5.96. The van der Waals surface area contributed by atoms with Crippen molar-refractivity contribution in [3.05, 3.63) is 28.2 Å². The van der Waals surface area contributed by atoms with Crippen LogP contribution in [0.15, 0.2) is 22.7 Å². The van der Waals surface area contributed by atoms with E-state index in [0.29, 0.717) is 0 Å². The monoisotopic (exact) mass is 282 g/mol. The van der Waals surface area contributed by atoms with Gasteiger partial charge in [-0.2, -0.15) is 0 Å². The number of anilines is 1. The predicted octanol–water partition coefficient (Wildman–Crippen LogP) is 3.26. The van der Waals surface area contributed by atoms with E-state index < -0.39 is 0 Å². The van der Waals surface area contributed by atoms with Crippen LogP contribution in [0.2, 0.25) is 0 Å². The highest BCUT2D eigenvalue weighted by Gasteiger charge is 2.21. The third-order valence-electron chi connectivity index (χ3n) is 3.45. The van der Waals surface area contributed by atoms with Gasteiger partial charge in [0.25, 0.3) is 0 Å². The molecule has 0 bridgehead atoms. The number of hydrogen-bond donors (Lipinski definition) is 1. The minimum Gasteiger partial charge on any atom is -0.398 e. The van der Waals surface area contributed by atoms with Crippen molar-refractivity contribution in [2.45, 2.75) is 26.3 Å². The number of rotatable bonds is 3. The summed E-state index contributed by atoms with van der Waals surface area (Å²) in [5.74, 6) is 0.889. The van der Waals surface area contributed by atoms with Gasteiger partial charge in [-0.25, -0.2) is 0 Å². The Labute approximate surface area is 106 Å². The van der Waals surface area contributed by atoms with Gasteiger partial charge in [-0.3, -0.25) is 4.90 Å². The number of hydrogen-bond acceptors (Lipinski definition) is 2. The summed E-state index contributed by atoms with van der Waals surface area (Å²) in [4.78, 5) is 2.52. The second-order valence-corrected chi connectivity index (χ2v) is 5.41. The quantitative estimate of drug-likeness (QED) is 0.863. The second kappa shape index (κ2) is 5.19. The first-order chi connectivity index (χ1) is 7.70. The van der Waals surface area contributed by atoms with E-state index in [1.165, 1.54) is 31.5 Å². The van der Waals surface area contributed by atoms with E-state index in [0.717, 1.165) is 22.6 Å². The van der Waals surface area contributed by atoms with Gasteiger partial charge in [-0.15, -0.1) is 0 Å². The van der Waals surface area contributed by atoms with Gasteiger partial charge in [-0.05, 0) is 46.4 Å². The van der Waals surface area contributed by atoms with E-state index in [4.69, 9.17) is 5.73 Å². The molecule has 3 heteroatoms. The number of likely N-dealkylation sites (tertiary alicyclic amines) is 1. The highest BCUT2D eigenvalue weighted by molar-refractivity contribution is 9.10. The van der Waals surface area contributed by atoms with Gasteiger partial charge in [-0.1, -0.05) is 25.5 Å². The lowest BCUT2D eigenvalue weighted by molar-refractivity contribution is 0.314. The molecule has 16 heavy (non-hydrogen) atoms. The summed E-state index contributed by atoms with van der Waals surface area (Å²) >= 11 is 3.57. The van der Waals surface area contributed by atoms with Gasteiger partial charge in [0.2, 0.25) is 0 Å². The van der Waals surface area contributed by atoms with Crippen molar-refractivity contribution in [3.8, 4) is 0 Å².